The number of fused-ring (bicyclic) bond motifs is 6. The van der Waals surface area contributed by atoms with Crippen LogP contribution in [0.3, 0.4) is 0 Å². The molecule has 3 heterocycles. The van der Waals surface area contributed by atoms with Gasteiger partial charge in [-0.05, 0) is 46.5 Å². The summed E-state index contributed by atoms with van der Waals surface area (Å²) in [5, 5.41) is 5.73. The average Bonchev–Trinajstić information content (AvgIpc) is 3.55. The van der Waals surface area contributed by atoms with Crippen LogP contribution in [0.2, 0.25) is 0 Å². The average molecular weight is 537 g/mol. The number of aromatic nitrogens is 4. The molecular weight excluding hydrogens is 516 g/mol. The van der Waals surface area contributed by atoms with E-state index in [-0.39, 0.29) is 0 Å². The first-order chi connectivity index (χ1) is 19.6. The third kappa shape index (κ3) is 3.34. The Morgan fingerprint density at radius 3 is 2.20 bits per heavy atom. The highest BCUT2D eigenvalue weighted by Gasteiger charge is 2.34. The van der Waals surface area contributed by atoms with E-state index >= 15 is 0 Å². The third-order valence-electron chi connectivity index (χ3n) is 7.49. The zero-order valence-corrected chi connectivity index (χ0v) is 21.9. The summed E-state index contributed by atoms with van der Waals surface area (Å²) in [6, 6.07) is 37.1. The number of sulfone groups is 1. The van der Waals surface area contributed by atoms with Crippen molar-refractivity contribution in [2.24, 2.45) is 0 Å². The van der Waals surface area contributed by atoms with E-state index in [4.69, 9.17) is 5.10 Å². The number of nitrogens with zero attached hydrogens (tertiary/aromatic N) is 4. The third-order valence-corrected chi connectivity index (χ3v) is 9.34. The summed E-state index contributed by atoms with van der Waals surface area (Å²) >= 11 is 0. The number of hydrogen-bond acceptors (Lipinski definition) is 5. The molecule has 0 amide bonds. The van der Waals surface area contributed by atoms with Gasteiger partial charge in [0.1, 0.15) is 0 Å². The lowest BCUT2D eigenvalue weighted by Gasteiger charge is -2.11. The van der Waals surface area contributed by atoms with Crippen molar-refractivity contribution in [3.63, 3.8) is 0 Å². The summed E-state index contributed by atoms with van der Waals surface area (Å²) in [5.41, 5.74) is 7.32. The SMILES string of the molecule is O=S1(=O)c2ccccc2-c2c(-c3cccc(-c4ccc(-c5nc6ncc7ccccc7n6n5)cc4)c3)cccc21. The van der Waals surface area contributed by atoms with Gasteiger partial charge in [0.2, 0.25) is 9.84 Å². The zero-order chi connectivity index (χ0) is 26.8. The fourth-order valence-corrected chi connectivity index (χ4v) is 7.27. The second kappa shape index (κ2) is 8.43. The maximum absolute atomic E-state index is 13.2. The first-order valence-electron chi connectivity index (χ1n) is 12.9. The molecule has 5 aromatic carbocycles. The number of para-hydroxylation sites is 1. The van der Waals surface area contributed by atoms with E-state index in [0.717, 1.165) is 49.8 Å². The van der Waals surface area contributed by atoms with Gasteiger partial charge in [0.05, 0.1) is 15.3 Å². The molecule has 0 aliphatic carbocycles. The first kappa shape index (κ1) is 22.8. The van der Waals surface area contributed by atoms with Gasteiger partial charge in [-0.1, -0.05) is 91.0 Å². The second-order valence-corrected chi connectivity index (χ2v) is 11.7. The molecule has 40 heavy (non-hydrogen) atoms. The molecule has 8 rings (SSSR count). The molecular formula is C33H20N4O2S. The monoisotopic (exact) mass is 536 g/mol. The summed E-state index contributed by atoms with van der Waals surface area (Å²) in [4.78, 5) is 9.84. The quantitative estimate of drug-likeness (QED) is 0.241. The molecule has 190 valence electrons. The van der Waals surface area contributed by atoms with Gasteiger partial charge in [0, 0.05) is 28.3 Å². The molecule has 0 fully saturated rings. The molecule has 0 bridgehead atoms. The lowest BCUT2D eigenvalue weighted by Crippen LogP contribution is -1.96. The highest BCUT2D eigenvalue weighted by Crippen LogP contribution is 2.48. The molecule has 1 aliphatic rings. The Morgan fingerprint density at radius 2 is 1.30 bits per heavy atom. The normalized spacial score (nSPS) is 13.4. The van der Waals surface area contributed by atoms with Gasteiger partial charge in [-0.2, -0.15) is 9.50 Å². The number of benzene rings is 5. The zero-order valence-electron chi connectivity index (χ0n) is 21.1. The van der Waals surface area contributed by atoms with Crippen LogP contribution < -0.4 is 0 Å². The predicted octanol–water partition coefficient (Wildman–Crippen LogP) is 7.09. The highest BCUT2D eigenvalue weighted by molar-refractivity contribution is 7.92. The van der Waals surface area contributed by atoms with Crippen LogP contribution in [0.25, 0.3) is 61.4 Å². The van der Waals surface area contributed by atoms with Crippen LogP contribution in [-0.4, -0.2) is 28.0 Å². The van der Waals surface area contributed by atoms with Gasteiger partial charge >= 0.3 is 0 Å². The molecule has 2 aromatic heterocycles. The van der Waals surface area contributed by atoms with Crippen molar-refractivity contribution in [3.8, 4) is 44.8 Å². The molecule has 0 atom stereocenters. The standard InChI is InChI=1S/C33H20N4O2S/c38-40(39)29-13-4-2-10-27(29)31-26(11-6-14-30(31)40)24-9-5-8-23(19-24)21-15-17-22(18-16-21)32-35-33-34-20-25-7-1-3-12-28(25)37(33)36-32/h1-20H. The molecule has 6 nitrogen and oxygen atoms in total. The lowest BCUT2D eigenvalue weighted by molar-refractivity contribution is 0.598. The van der Waals surface area contributed by atoms with Crippen LogP contribution in [-0.2, 0) is 9.84 Å². The molecule has 0 spiro atoms. The molecule has 7 heteroatoms. The van der Waals surface area contributed by atoms with Crippen LogP contribution >= 0.6 is 0 Å². The van der Waals surface area contributed by atoms with Gasteiger partial charge in [0.25, 0.3) is 5.78 Å². The van der Waals surface area contributed by atoms with Crippen LogP contribution in [0, 0.1) is 0 Å². The minimum atomic E-state index is -3.53. The molecule has 0 radical (unpaired) electrons. The Hall–Kier alpha value is -5.14. The fourth-order valence-electron chi connectivity index (χ4n) is 5.57. The van der Waals surface area contributed by atoms with E-state index in [2.05, 4.69) is 34.2 Å². The van der Waals surface area contributed by atoms with Gasteiger partial charge in [-0.25, -0.2) is 13.4 Å². The van der Waals surface area contributed by atoms with Crippen molar-refractivity contribution in [3.05, 3.63) is 121 Å². The van der Waals surface area contributed by atoms with Crippen LogP contribution in [0.1, 0.15) is 0 Å². The van der Waals surface area contributed by atoms with Crippen molar-refractivity contribution in [2.45, 2.75) is 9.79 Å². The van der Waals surface area contributed by atoms with Crippen molar-refractivity contribution in [1.29, 1.82) is 0 Å². The van der Waals surface area contributed by atoms with Crippen molar-refractivity contribution < 1.29 is 8.42 Å². The largest absolute Gasteiger partial charge is 0.253 e. The molecule has 0 saturated heterocycles. The van der Waals surface area contributed by atoms with Crippen LogP contribution in [0.15, 0.2) is 131 Å². The van der Waals surface area contributed by atoms with Gasteiger partial charge in [-0.15, -0.1) is 5.10 Å². The van der Waals surface area contributed by atoms with E-state index in [9.17, 15) is 8.42 Å². The van der Waals surface area contributed by atoms with Crippen LogP contribution in [0.4, 0.5) is 0 Å². The second-order valence-electron chi connectivity index (χ2n) is 9.80. The molecule has 0 unspecified atom stereocenters. The maximum atomic E-state index is 13.2. The summed E-state index contributed by atoms with van der Waals surface area (Å²) in [6.07, 6.45) is 1.81. The number of rotatable bonds is 3. The van der Waals surface area contributed by atoms with Crippen molar-refractivity contribution >= 4 is 26.5 Å². The maximum Gasteiger partial charge on any atom is 0.253 e. The molecule has 7 aromatic rings. The summed E-state index contributed by atoms with van der Waals surface area (Å²) in [6.45, 7) is 0. The van der Waals surface area contributed by atoms with Crippen LogP contribution in [0.5, 0.6) is 0 Å². The highest BCUT2D eigenvalue weighted by atomic mass is 32.2. The summed E-state index contributed by atoms with van der Waals surface area (Å²) < 4.78 is 28.2. The molecule has 1 aliphatic heterocycles. The Kier molecular flexibility index (Phi) is 4.81. The predicted molar refractivity (Wildman–Crippen MR) is 155 cm³/mol. The Bertz CT molecular complexity index is 2240. The Morgan fingerprint density at radius 1 is 0.600 bits per heavy atom. The van der Waals surface area contributed by atoms with Gasteiger partial charge < -0.3 is 0 Å². The molecule has 0 saturated carbocycles. The minimum absolute atomic E-state index is 0.364. The van der Waals surface area contributed by atoms with Crippen molar-refractivity contribution in [2.75, 3.05) is 0 Å². The van der Waals surface area contributed by atoms with E-state index in [1.807, 2.05) is 79.0 Å². The summed E-state index contributed by atoms with van der Waals surface area (Å²) in [5.74, 6) is 1.17. The number of hydrogen-bond donors (Lipinski definition) is 0. The Labute approximate surface area is 230 Å². The topological polar surface area (TPSA) is 77.2 Å². The minimum Gasteiger partial charge on any atom is -0.219 e. The van der Waals surface area contributed by atoms with E-state index < -0.39 is 9.84 Å². The van der Waals surface area contributed by atoms with Gasteiger partial charge in [-0.3, -0.25) is 0 Å². The fraction of sp³-hybridized carbons (Fsp3) is 0. The first-order valence-corrected chi connectivity index (χ1v) is 14.4. The van der Waals surface area contributed by atoms with E-state index in [0.29, 0.717) is 21.4 Å². The van der Waals surface area contributed by atoms with E-state index in [1.54, 1.807) is 22.7 Å². The van der Waals surface area contributed by atoms with E-state index in [1.165, 1.54) is 0 Å². The smallest absolute Gasteiger partial charge is 0.219 e. The van der Waals surface area contributed by atoms with Gasteiger partial charge in [0.15, 0.2) is 5.82 Å². The summed E-state index contributed by atoms with van der Waals surface area (Å²) in [7, 11) is -3.53. The molecule has 0 N–H and O–H groups in total. The Balaban J connectivity index is 1.18. The van der Waals surface area contributed by atoms with Crippen molar-refractivity contribution in [1.82, 2.24) is 19.6 Å². The lowest BCUT2D eigenvalue weighted by atomic mass is 9.92.